The number of aromatic nitrogens is 1. The van der Waals surface area contributed by atoms with Gasteiger partial charge in [-0.1, -0.05) is 23.5 Å². The Morgan fingerprint density at radius 1 is 1.16 bits per heavy atom. The molecule has 0 saturated heterocycles. The molecule has 0 fully saturated rings. The second-order valence-electron chi connectivity index (χ2n) is 7.05. The fourth-order valence-electron chi connectivity index (χ4n) is 2.99. The van der Waals surface area contributed by atoms with Gasteiger partial charge in [-0.3, -0.25) is 20.2 Å². The van der Waals surface area contributed by atoms with Crippen LogP contribution in [-0.4, -0.2) is 27.9 Å². The van der Waals surface area contributed by atoms with Crippen LogP contribution in [0.3, 0.4) is 0 Å². The quantitative estimate of drug-likeness (QED) is 0.240. The van der Waals surface area contributed by atoms with Gasteiger partial charge >= 0.3 is 5.97 Å². The summed E-state index contributed by atoms with van der Waals surface area (Å²) in [5, 5.41) is 14.2. The van der Waals surface area contributed by atoms with Gasteiger partial charge in [-0.05, 0) is 50.2 Å². The van der Waals surface area contributed by atoms with Crippen molar-refractivity contribution in [1.29, 1.82) is 0 Å². The first-order valence-corrected chi connectivity index (χ1v) is 10.4. The summed E-state index contributed by atoms with van der Waals surface area (Å²) in [6.07, 6.45) is -0.231. The molecule has 0 bridgehead atoms. The molecule has 1 N–H and O–H groups in total. The number of benzene rings is 2. The number of fused-ring (bicyclic) bond motifs is 1. The lowest BCUT2D eigenvalue weighted by Crippen LogP contribution is -2.11. The van der Waals surface area contributed by atoms with Gasteiger partial charge in [-0.2, -0.15) is 0 Å². The highest BCUT2D eigenvalue weighted by Gasteiger charge is 2.20. The van der Waals surface area contributed by atoms with E-state index in [1.165, 1.54) is 29.5 Å². The van der Waals surface area contributed by atoms with Crippen LogP contribution < -0.4 is 5.32 Å². The van der Waals surface area contributed by atoms with E-state index >= 15 is 0 Å². The molecule has 0 spiro atoms. The molecule has 4 rings (SSSR count). The number of ether oxygens (including phenoxy) is 1. The molecule has 4 aromatic rings. The summed E-state index contributed by atoms with van der Waals surface area (Å²) < 4.78 is 11.5. The molecule has 2 aromatic heterocycles. The minimum Gasteiger partial charge on any atom is -0.459 e. The molecule has 9 nitrogen and oxygen atoms in total. The topological polar surface area (TPSA) is 125 Å². The third kappa shape index (κ3) is 4.35. The molecule has 0 aliphatic carbocycles. The van der Waals surface area contributed by atoms with E-state index in [2.05, 4.69) is 10.3 Å². The summed E-state index contributed by atoms with van der Waals surface area (Å²) in [6.45, 7) is 3.54. The van der Waals surface area contributed by atoms with Crippen molar-refractivity contribution in [3.8, 4) is 11.3 Å². The molecule has 0 unspecified atom stereocenters. The molecule has 10 heteroatoms. The SMILES string of the molecule is CC(C)OC(=O)c1ccc2nc(NC(=O)c3ccc(-c4ccccc4[N+](=O)[O-])o3)sc2c1. The maximum Gasteiger partial charge on any atom is 0.338 e. The summed E-state index contributed by atoms with van der Waals surface area (Å²) in [5.41, 5.74) is 1.17. The van der Waals surface area contributed by atoms with Crippen molar-refractivity contribution in [2.24, 2.45) is 0 Å². The second kappa shape index (κ2) is 8.60. The Morgan fingerprint density at radius 2 is 1.94 bits per heavy atom. The summed E-state index contributed by atoms with van der Waals surface area (Å²) in [7, 11) is 0. The first kappa shape index (κ1) is 21.2. The molecule has 162 valence electrons. The third-order valence-corrected chi connectivity index (χ3v) is 5.32. The van der Waals surface area contributed by atoms with Crippen LogP contribution in [0.25, 0.3) is 21.5 Å². The molecule has 0 aliphatic heterocycles. The summed E-state index contributed by atoms with van der Waals surface area (Å²) in [5.74, 6) is -0.786. The molecular weight excluding hydrogens is 434 g/mol. The van der Waals surface area contributed by atoms with Crippen LogP contribution in [-0.2, 0) is 4.74 Å². The van der Waals surface area contributed by atoms with Gasteiger partial charge in [-0.15, -0.1) is 0 Å². The number of anilines is 1. The van der Waals surface area contributed by atoms with Gasteiger partial charge in [0.15, 0.2) is 10.9 Å². The van der Waals surface area contributed by atoms with Crippen molar-refractivity contribution in [1.82, 2.24) is 4.98 Å². The number of carbonyl (C=O) groups excluding carboxylic acids is 2. The molecule has 2 heterocycles. The van der Waals surface area contributed by atoms with E-state index in [1.54, 1.807) is 50.2 Å². The van der Waals surface area contributed by atoms with E-state index in [0.29, 0.717) is 20.9 Å². The van der Waals surface area contributed by atoms with Gasteiger partial charge in [0.1, 0.15) is 5.76 Å². The Balaban J connectivity index is 1.53. The predicted molar refractivity (Wildman–Crippen MR) is 119 cm³/mol. The average Bonchev–Trinajstić information content (AvgIpc) is 3.39. The van der Waals surface area contributed by atoms with E-state index in [4.69, 9.17) is 9.15 Å². The van der Waals surface area contributed by atoms with Crippen molar-refractivity contribution in [2.75, 3.05) is 5.32 Å². The largest absolute Gasteiger partial charge is 0.459 e. The zero-order chi connectivity index (χ0) is 22.8. The van der Waals surface area contributed by atoms with Crippen LogP contribution in [0.5, 0.6) is 0 Å². The van der Waals surface area contributed by atoms with Crippen LogP contribution in [0.15, 0.2) is 59.0 Å². The smallest absolute Gasteiger partial charge is 0.338 e. The zero-order valence-electron chi connectivity index (χ0n) is 17.0. The lowest BCUT2D eigenvalue weighted by Gasteiger charge is -2.07. The van der Waals surface area contributed by atoms with Gasteiger partial charge in [-0.25, -0.2) is 9.78 Å². The van der Waals surface area contributed by atoms with E-state index in [0.717, 1.165) is 0 Å². The minimum absolute atomic E-state index is 0.0152. The van der Waals surface area contributed by atoms with Crippen molar-refractivity contribution in [3.05, 3.63) is 76.0 Å². The molecule has 0 saturated carbocycles. The maximum absolute atomic E-state index is 12.6. The number of nitrogens with zero attached hydrogens (tertiary/aromatic N) is 2. The number of thiazole rings is 1. The predicted octanol–water partition coefficient (Wildman–Crippen LogP) is 5.28. The first-order valence-electron chi connectivity index (χ1n) is 9.58. The number of rotatable bonds is 6. The number of para-hydroxylation sites is 1. The second-order valence-corrected chi connectivity index (χ2v) is 8.08. The highest BCUT2D eigenvalue weighted by Crippen LogP contribution is 2.32. The highest BCUT2D eigenvalue weighted by atomic mass is 32.1. The van der Waals surface area contributed by atoms with Gasteiger partial charge in [0.2, 0.25) is 0 Å². The van der Waals surface area contributed by atoms with Gasteiger partial charge in [0.25, 0.3) is 11.6 Å². The normalized spacial score (nSPS) is 11.0. The Labute approximate surface area is 185 Å². The van der Waals surface area contributed by atoms with Gasteiger partial charge in [0, 0.05) is 6.07 Å². The average molecular weight is 451 g/mol. The number of nitro groups is 1. The molecule has 0 atom stereocenters. The zero-order valence-corrected chi connectivity index (χ0v) is 17.8. The summed E-state index contributed by atoms with van der Waals surface area (Å²) in [4.78, 5) is 39.8. The number of amides is 1. The van der Waals surface area contributed by atoms with Crippen LogP contribution in [0.2, 0.25) is 0 Å². The van der Waals surface area contributed by atoms with Crippen LogP contribution in [0, 0.1) is 10.1 Å². The Bertz CT molecular complexity index is 1340. The Morgan fingerprint density at radius 3 is 2.69 bits per heavy atom. The van der Waals surface area contributed by atoms with E-state index < -0.39 is 16.8 Å². The molecule has 0 radical (unpaired) electrons. The van der Waals surface area contributed by atoms with Crippen LogP contribution in [0.1, 0.15) is 34.8 Å². The van der Waals surface area contributed by atoms with Crippen molar-refractivity contribution in [3.63, 3.8) is 0 Å². The molecule has 0 aliphatic rings. The number of hydrogen-bond donors (Lipinski definition) is 1. The number of furan rings is 1. The fourth-order valence-corrected chi connectivity index (χ4v) is 3.89. The number of nitro benzene ring substituents is 1. The maximum atomic E-state index is 12.6. The fraction of sp³-hybridized carbons (Fsp3) is 0.136. The van der Waals surface area contributed by atoms with E-state index in [-0.39, 0.29) is 28.9 Å². The lowest BCUT2D eigenvalue weighted by molar-refractivity contribution is -0.384. The van der Waals surface area contributed by atoms with Crippen molar-refractivity contribution >= 4 is 44.2 Å². The summed E-state index contributed by atoms with van der Waals surface area (Å²) in [6, 6.07) is 14.0. The van der Waals surface area contributed by atoms with Crippen LogP contribution in [0.4, 0.5) is 10.8 Å². The van der Waals surface area contributed by atoms with E-state index in [9.17, 15) is 19.7 Å². The van der Waals surface area contributed by atoms with Gasteiger partial charge in [0.05, 0.1) is 32.4 Å². The van der Waals surface area contributed by atoms with Gasteiger partial charge < -0.3 is 9.15 Å². The highest BCUT2D eigenvalue weighted by molar-refractivity contribution is 7.22. The Hall–Kier alpha value is -4.05. The summed E-state index contributed by atoms with van der Waals surface area (Å²) >= 11 is 1.20. The third-order valence-electron chi connectivity index (χ3n) is 4.38. The standard InChI is InChI=1S/C22H17N3O6S/c1-12(2)30-21(27)13-7-8-15-19(11-13)32-22(23-15)24-20(26)18-10-9-17(31-18)14-5-3-4-6-16(14)25(28)29/h3-12H,1-2H3,(H,23,24,26). The first-order chi connectivity index (χ1) is 15.3. The molecule has 2 aromatic carbocycles. The molecule has 1 amide bonds. The number of carbonyl (C=O) groups is 2. The number of nitrogens with one attached hydrogen (secondary N) is 1. The van der Waals surface area contributed by atoms with Crippen LogP contribution >= 0.6 is 11.3 Å². The van der Waals surface area contributed by atoms with Crippen molar-refractivity contribution < 1.29 is 23.7 Å². The minimum atomic E-state index is -0.548. The molecule has 32 heavy (non-hydrogen) atoms. The monoisotopic (exact) mass is 451 g/mol. The van der Waals surface area contributed by atoms with E-state index in [1.807, 2.05) is 0 Å². The Kier molecular flexibility index (Phi) is 5.69. The van der Waals surface area contributed by atoms with Crippen molar-refractivity contribution in [2.45, 2.75) is 20.0 Å². The number of hydrogen-bond acceptors (Lipinski definition) is 8. The number of esters is 1. The lowest BCUT2D eigenvalue weighted by atomic mass is 10.1. The molecular formula is C22H17N3O6S.